The molecule has 0 atom stereocenters. The first-order valence-electron chi connectivity index (χ1n) is 6.27. The zero-order valence-electron chi connectivity index (χ0n) is 11.3. The molecule has 0 fully saturated rings. The lowest BCUT2D eigenvalue weighted by Gasteiger charge is -2.12. The fourth-order valence-corrected chi connectivity index (χ4v) is 1.62. The lowest BCUT2D eigenvalue weighted by atomic mass is 10.1. The lowest BCUT2D eigenvalue weighted by molar-refractivity contribution is -0.121. The van der Waals surface area contributed by atoms with Crippen molar-refractivity contribution in [3.8, 4) is 0 Å². The van der Waals surface area contributed by atoms with E-state index in [4.69, 9.17) is 0 Å². The van der Waals surface area contributed by atoms with Gasteiger partial charge in [0.1, 0.15) is 0 Å². The van der Waals surface area contributed by atoms with Crippen LogP contribution in [0.2, 0.25) is 0 Å². The van der Waals surface area contributed by atoms with Gasteiger partial charge in [-0.05, 0) is 30.5 Å². The van der Waals surface area contributed by atoms with Gasteiger partial charge in [0.15, 0.2) is 0 Å². The molecule has 18 heavy (non-hydrogen) atoms. The minimum Gasteiger partial charge on any atom is -0.378 e. The standard InChI is InChI=1S/C15H22N2O/c1-4-5-12-16-15(18)11-8-13-6-9-14(10-7-13)17(2)3/h4,6-7,9-10H,1,5,8,11-12H2,2-3H3,(H,16,18). The number of amides is 1. The topological polar surface area (TPSA) is 32.3 Å². The number of anilines is 1. The number of carbonyl (C=O) groups is 1. The van der Waals surface area contributed by atoms with Crippen LogP contribution in [0.4, 0.5) is 5.69 Å². The summed E-state index contributed by atoms with van der Waals surface area (Å²) in [5.41, 5.74) is 2.37. The summed E-state index contributed by atoms with van der Waals surface area (Å²) in [7, 11) is 4.03. The third-order valence-electron chi connectivity index (χ3n) is 2.76. The molecule has 0 aromatic heterocycles. The number of hydrogen-bond acceptors (Lipinski definition) is 2. The van der Waals surface area contributed by atoms with Crippen molar-refractivity contribution in [2.24, 2.45) is 0 Å². The molecule has 0 heterocycles. The third kappa shape index (κ3) is 5.04. The van der Waals surface area contributed by atoms with Crippen LogP contribution in [0, 0.1) is 0 Å². The number of nitrogens with one attached hydrogen (secondary N) is 1. The summed E-state index contributed by atoms with van der Waals surface area (Å²) in [6.45, 7) is 4.30. The largest absolute Gasteiger partial charge is 0.378 e. The SMILES string of the molecule is C=CCCNC(=O)CCc1ccc(N(C)C)cc1. The predicted molar refractivity (Wildman–Crippen MR) is 76.9 cm³/mol. The zero-order valence-corrected chi connectivity index (χ0v) is 11.3. The van der Waals surface area contributed by atoms with Crippen LogP contribution in [0.15, 0.2) is 36.9 Å². The maximum atomic E-state index is 11.5. The first-order chi connectivity index (χ1) is 8.63. The molecule has 0 spiro atoms. The van der Waals surface area contributed by atoms with Gasteiger partial charge in [0.2, 0.25) is 5.91 Å². The highest BCUT2D eigenvalue weighted by atomic mass is 16.1. The van der Waals surface area contributed by atoms with Gasteiger partial charge >= 0.3 is 0 Å². The smallest absolute Gasteiger partial charge is 0.220 e. The Morgan fingerprint density at radius 1 is 1.33 bits per heavy atom. The minimum absolute atomic E-state index is 0.105. The van der Waals surface area contributed by atoms with Crippen molar-refractivity contribution < 1.29 is 4.79 Å². The van der Waals surface area contributed by atoms with Crippen LogP contribution in [0.5, 0.6) is 0 Å². The number of carbonyl (C=O) groups excluding carboxylic acids is 1. The van der Waals surface area contributed by atoms with E-state index in [1.807, 2.05) is 14.1 Å². The molecule has 0 aliphatic rings. The summed E-state index contributed by atoms with van der Waals surface area (Å²) in [6, 6.07) is 8.30. The van der Waals surface area contributed by atoms with E-state index < -0.39 is 0 Å². The Morgan fingerprint density at radius 3 is 2.56 bits per heavy atom. The fourth-order valence-electron chi connectivity index (χ4n) is 1.62. The molecule has 0 saturated heterocycles. The highest BCUT2D eigenvalue weighted by Crippen LogP contribution is 2.13. The van der Waals surface area contributed by atoms with Crippen LogP contribution in [0.1, 0.15) is 18.4 Å². The van der Waals surface area contributed by atoms with E-state index in [-0.39, 0.29) is 5.91 Å². The molecule has 0 bridgehead atoms. The van der Waals surface area contributed by atoms with Gasteiger partial charge in [-0.2, -0.15) is 0 Å². The highest BCUT2D eigenvalue weighted by Gasteiger charge is 2.02. The molecule has 1 N–H and O–H groups in total. The van der Waals surface area contributed by atoms with Gasteiger partial charge in [0.25, 0.3) is 0 Å². The van der Waals surface area contributed by atoms with Gasteiger partial charge in [-0.15, -0.1) is 6.58 Å². The van der Waals surface area contributed by atoms with Gasteiger partial charge in [0.05, 0.1) is 0 Å². The average Bonchev–Trinajstić information content (AvgIpc) is 2.37. The molecule has 0 radical (unpaired) electrons. The van der Waals surface area contributed by atoms with Crippen molar-refractivity contribution in [3.05, 3.63) is 42.5 Å². The second kappa shape index (κ2) is 7.54. The highest BCUT2D eigenvalue weighted by molar-refractivity contribution is 5.76. The summed E-state index contributed by atoms with van der Waals surface area (Å²) in [4.78, 5) is 13.6. The number of rotatable bonds is 7. The van der Waals surface area contributed by atoms with E-state index in [9.17, 15) is 4.79 Å². The van der Waals surface area contributed by atoms with E-state index in [0.717, 1.165) is 12.8 Å². The molecule has 0 unspecified atom stereocenters. The molecule has 1 aromatic carbocycles. The molecule has 0 aliphatic carbocycles. The number of hydrogen-bond donors (Lipinski definition) is 1. The Bertz CT molecular complexity index is 382. The van der Waals surface area contributed by atoms with E-state index in [0.29, 0.717) is 13.0 Å². The van der Waals surface area contributed by atoms with Crippen molar-refractivity contribution in [3.63, 3.8) is 0 Å². The Morgan fingerprint density at radius 2 is 2.00 bits per heavy atom. The van der Waals surface area contributed by atoms with Crippen LogP contribution in [0.25, 0.3) is 0 Å². The Kier molecular flexibility index (Phi) is 5.98. The van der Waals surface area contributed by atoms with Gasteiger partial charge in [-0.1, -0.05) is 18.2 Å². The summed E-state index contributed by atoms with van der Waals surface area (Å²) in [5, 5.41) is 2.87. The predicted octanol–water partition coefficient (Wildman–Crippen LogP) is 2.38. The van der Waals surface area contributed by atoms with Crippen LogP contribution in [-0.2, 0) is 11.2 Å². The molecule has 3 heteroatoms. The molecular weight excluding hydrogens is 224 g/mol. The first kappa shape index (κ1) is 14.3. The van der Waals surface area contributed by atoms with Crippen molar-refractivity contribution in [1.29, 1.82) is 0 Å². The number of aryl methyl sites for hydroxylation is 1. The maximum absolute atomic E-state index is 11.5. The Hall–Kier alpha value is -1.77. The van der Waals surface area contributed by atoms with E-state index >= 15 is 0 Å². The van der Waals surface area contributed by atoms with Crippen molar-refractivity contribution in [2.45, 2.75) is 19.3 Å². The molecule has 1 rings (SSSR count). The van der Waals surface area contributed by atoms with Gasteiger partial charge in [-0.3, -0.25) is 4.79 Å². The maximum Gasteiger partial charge on any atom is 0.220 e. The van der Waals surface area contributed by atoms with Gasteiger partial charge in [0, 0.05) is 32.7 Å². The van der Waals surface area contributed by atoms with Crippen LogP contribution in [-0.4, -0.2) is 26.5 Å². The summed E-state index contributed by atoms with van der Waals surface area (Å²) >= 11 is 0. The molecule has 1 amide bonds. The summed E-state index contributed by atoms with van der Waals surface area (Å²) < 4.78 is 0. The average molecular weight is 246 g/mol. The Balaban J connectivity index is 2.34. The second-order valence-electron chi connectivity index (χ2n) is 4.49. The van der Waals surface area contributed by atoms with Crippen molar-refractivity contribution >= 4 is 11.6 Å². The molecule has 98 valence electrons. The van der Waals surface area contributed by atoms with Gasteiger partial charge < -0.3 is 10.2 Å². The normalized spacial score (nSPS) is 9.89. The molecule has 1 aromatic rings. The first-order valence-corrected chi connectivity index (χ1v) is 6.27. The third-order valence-corrected chi connectivity index (χ3v) is 2.76. The van der Waals surface area contributed by atoms with Crippen LogP contribution < -0.4 is 10.2 Å². The molecular formula is C15H22N2O. The monoisotopic (exact) mass is 246 g/mol. The van der Waals surface area contributed by atoms with Crippen molar-refractivity contribution in [2.75, 3.05) is 25.5 Å². The number of nitrogens with zero attached hydrogens (tertiary/aromatic N) is 1. The zero-order chi connectivity index (χ0) is 13.4. The van der Waals surface area contributed by atoms with E-state index in [1.165, 1.54) is 11.3 Å². The quantitative estimate of drug-likeness (QED) is 0.592. The second-order valence-corrected chi connectivity index (χ2v) is 4.49. The number of benzene rings is 1. The van der Waals surface area contributed by atoms with Gasteiger partial charge in [-0.25, -0.2) is 0 Å². The minimum atomic E-state index is 0.105. The lowest BCUT2D eigenvalue weighted by Crippen LogP contribution is -2.24. The summed E-state index contributed by atoms with van der Waals surface area (Å²) in [5.74, 6) is 0.105. The van der Waals surface area contributed by atoms with E-state index in [2.05, 4.69) is 41.1 Å². The summed E-state index contributed by atoms with van der Waals surface area (Å²) in [6.07, 6.45) is 3.95. The molecule has 3 nitrogen and oxygen atoms in total. The molecule has 0 saturated carbocycles. The Labute approximate surface area is 109 Å². The molecule has 0 aliphatic heterocycles. The van der Waals surface area contributed by atoms with Crippen LogP contribution in [0.3, 0.4) is 0 Å². The van der Waals surface area contributed by atoms with Crippen molar-refractivity contribution in [1.82, 2.24) is 5.32 Å². The fraction of sp³-hybridized carbons (Fsp3) is 0.400. The van der Waals surface area contributed by atoms with Crippen LogP contribution >= 0.6 is 0 Å². The van der Waals surface area contributed by atoms with E-state index in [1.54, 1.807) is 6.08 Å².